The number of hydrogen-bond acceptors (Lipinski definition) is 3. The van der Waals surface area contributed by atoms with E-state index in [1.54, 1.807) is 0 Å². The predicted octanol–water partition coefficient (Wildman–Crippen LogP) is 2.21. The van der Waals surface area contributed by atoms with Crippen LogP contribution in [0.4, 0.5) is 0 Å². The van der Waals surface area contributed by atoms with E-state index in [-0.39, 0.29) is 0 Å². The Hall–Kier alpha value is -0.870. The molecule has 1 aliphatic heterocycles. The molecular weight excluding hydrogens is 260 g/mol. The summed E-state index contributed by atoms with van der Waals surface area (Å²) < 4.78 is 2.01. The maximum Gasteiger partial charge on any atom is 0.0492 e. The first-order valence-electron chi connectivity index (χ1n) is 8.68. The molecular formula is C17H30N4. The molecule has 2 heterocycles. The van der Waals surface area contributed by atoms with Gasteiger partial charge in [0, 0.05) is 57.1 Å². The Kier molecular flexibility index (Phi) is 4.96. The Labute approximate surface area is 128 Å². The van der Waals surface area contributed by atoms with Gasteiger partial charge in [-0.3, -0.25) is 9.58 Å². The maximum absolute atomic E-state index is 4.27. The predicted molar refractivity (Wildman–Crippen MR) is 86.3 cm³/mol. The zero-order valence-corrected chi connectivity index (χ0v) is 13.6. The largest absolute Gasteiger partial charge is 0.311 e. The second-order valence-electron chi connectivity index (χ2n) is 6.95. The monoisotopic (exact) mass is 290 g/mol. The minimum atomic E-state index is 0.651. The molecule has 1 aromatic rings. The molecule has 4 nitrogen and oxygen atoms in total. The molecule has 21 heavy (non-hydrogen) atoms. The molecule has 1 aliphatic carbocycles. The van der Waals surface area contributed by atoms with Crippen molar-refractivity contribution in [1.82, 2.24) is 20.0 Å². The van der Waals surface area contributed by atoms with Gasteiger partial charge in [-0.05, 0) is 31.7 Å². The molecule has 2 unspecified atom stereocenters. The first kappa shape index (κ1) is 15.0. The quantitative estimate of drug-likeness (QED) is 0.923. The SMILES string of the molecule is CC1CNC(C2CCCCC2)CN1CCc1ccnn1C. The van der Waals surface area contributed by atoms with Crippen molar-refractivity contribution in [2.75, 3.05) is 19.6 Å². The molecule has 2 aliphatic rings. The van der Waals surface area contributed by atoms with Crippen LogP contribution in [-0.4, -0.2) is 46.4 Å². The van der Waals surface area contributed by atoms with Gasteiger partial charge in [0.1, 0.15) is 0 Å². The molecule has 4 heteroatoms. The van der Waals surface area contributed by atoms with Crippen LogP contribution in [-0.2, 0) is 13.5 Å². The Bertz CT molecular complexity index is 436. The first-order valence-corrected chi connectivity index (χ1v) is 8.68. The normalized spacial score (nSPS) is 28.9. The zero-order valence-electron chi connectivity index (χ0n) is 13.6. The fourth-order valence-electron chi connectivity index (χ4n) is 4.02. The zero-order chi connectivity index (χ0) is 14.7. The lowest BCUT2D eigenvalue weighted by molar-refractivity contribution is 0.105. The van der Waals surface area contributed by atoms with Crippen LogP contribution in [0.1, 0.15) is 44.7 Å². The maximum atomic E-state index is 4.27. The average Bonchev–Trinajstić information content (AvgIpc) is 2.93. The number of aryl methyl sites for hydroxylation is 1. The van der Waals surface area contributed by atoms with Crippen LogP contribution in [0.25, 0.3) is 0 Å². The van der Waals surface area contributed by atoms with Gasteiger partial charge < -0.3 is 5.32 Å². The summed E-state index contributed by atoms with van der Waals surface area (Å²) in [5, 5.41) is 8.09. The van der Waals surface area contributed by atoms with Gasteiger partial charge >= 0.3 is 0 Å². The van der Waals surface area contributed by atoms with Crippen molar-refractivity contribution in [3.05, 3.63) is 18.0 Å². The third-order valence-corrected chi connectivity index (χ3v) is 5.53. The smallest absolute Gasteiger partial charge is 0.0492 e. The molecule has 2 atom stereocenters. The Morgan fingerprint density at radius 2 is 2.10 bits per heavy atom. The van der Waals surface area contributed by atoms with Crippen molar-refractivity contribution in [2.24, 2.45) is 13.0 Å². The van der Waals surface area contributed by atoms with E-state index in [0.29, 0.717) is 12.1 Å². The minimum Gasteiger partial charge on any atom is -0.311 e. The summed E-state index contributed by atoms with van der Waals surface area (Å²) in [5.41, 5.74) is 1.34. The number of nitrogens with zero attached hydrogens (tertiary/aromatic N) is 3. The molecule has 1 saturated heterocycles. The minimum absolute atomic E-state index is 0.651. The van der Waals surface area contributed by atoms with E-state index < -0.39 is 0 Å². The van der Waals surface area contributed by atoms with Gasteiger partial charge in [0.2, 0.25) is 0 Å². The van der Waals surface area contributed by atoms with Gasteiger partial charge in [-0.2, -0.15) is 5.10 Å². The van der Waals surface area contributed by atoms with Gasteiger partial charge in [-0.15, -0.1) is 0 Å². The highest BCUT2D eigenvalue weighted by atomic mass is 15.3. The van der Waals surface area contributed by atoms with E-state index in [1.165, 1.54) is 44.3 Å². The van der Waals surface area contributed by atoms with Crippen LogP contribution in [0.15, 0.2) is 12.3 Å². The van der Waals surface area contributed by atoms with Crippen molar-refractivity contribution in [3.8, 4) is 0 Å². The molecule has 0 spiro atoms. The van der Waals surface area contributed by atoms with E-state index in [0.717, 1.165) is 25.4 Å². The summed E-state index contributed by atoms with van der Waals surface area (Å²) in [7, 11) is 2.04. The standard InChI is InChI=1S/C17H30N4/c1-14-12-18-17(15-6-4-3-5-7-15)13-21(14)11-9-16-8-10-19-20(16)2/h8,10,14-15,17-18H,3-7,9,11-13H2,1-2H3. The van der Waals surface area contributed by atoms with Gasteiger partial charge in [0.15, 0.2) is 0 Å². The van der Waals surface area contributed by atoms with Crippen LogP contribution in [0.3, 0.4) is 0 Å². The van der Waals surface area contributed by atoms with Gasteiger partial charge in [-0.25, -0.2) is 0 Å². The fraction of sp³-hybridized carbons (Fsp3) is 0.824. The Balaban J connectivity index is 1.54. The van der Waals surface area contributed by atoms with Crippen LogP contribution >= 0.6 is 0 Å². The third-order valence-electron chi connectivity index (χ3n) is 5.53. The molecule has 1 N–H and O–H groups in total. The van der Waals surface area contributed by atoms with Crippen LogP contribution in [0, 0.1) is 5.92 Å². The highest BCUT2D eigenvalue weighted by Crippen LogP contribution is 2.28. The number of nitrogens with one attached hydrogen (secondary N) is 1. The number of piperazine rings is 1. The van der Waals surface area contributed by atoms with Crippen LogP contribution < -0.4 is 5.32 Å². The molecule has 2 fully saturated rings. The summed E-state index contributed by atoms with van der Waals surface area (Å²) in [5.74, 6) is 0.908. The Morgan fingerprint density at radius 3 is 2.81 bits per heavy atom. The lowest BCUT2D eigenvalue weighted by atomic mass is 9.82. The molecule has 3 rings (SSSR count). The molecule has 1 saturated carbocycles. The van der Waals surface area contributed by atoms with E-state index in [4.69, 9.17) is 0 Å². The van der Waals surface area contributed by atoms with Crippen molar-refractivity contribution in [3.63, 3.8) is 0 Å². The second-order valence-corrected chi connectivity index (χ2v) is 6.95. The van der Waals surface area contributed by atoms with Crippen molar-refractivity contribution in [1.29, 1.82) is 0 Å². The van der Waals surface area contributed by atoms with Crippen LogP contribution in [0.2, 0.25) is 0 Å². The first-order chi connectivity index (χ1) is 10.2. The number of aromatic nitrogens is 2. The van der Waals surface area contributed by atoms with Gasteiger partial charge in [-0.1, -0.05) is 19.3 Å². The lowest BCUT2D eigenvalue weighted by Gasteiger charge is -2.43. The molecule has 0 amide bonds. The topological polar surface area (TPSA) is 33.1 Å². The van der Waals surface area contributed by atoms with Gasteiger partial charge in [0.25, 0.3) is 0 Å². The third kappa shape index (κ3) is 3.67. The molecule has 118 valence electrons. The molecule has 0 bridgehead atoms. The van der Waals surface area contributed by atoms with E-state index in [2.05, 4.69) is 28.3 Å². The number of rotatable bonds is 4. The van der Waals surface area contributed by atoms with Crippen molar-refractivity contribution >= 4 is 0 Å². The van der Waals surface area contributed by atoms with Crippen LogP contribution in [0.5, 0.6) is 0 Å². The number of hydrogen-bond donors (Lipinski definition) is 1. The highest BCUT2D eigenvalue weighted by molar-refractivity contribution is 5.01. The van der Waals surface area contributed by atoms with E-state index >= 15 is 0 Å². The molecule has 1 aromatic heterocycles. The second kappa shape index (κ2) is 6.93. The lowest BCUT2D eigenvalue weighted by Crippen LogP contribution is -2.58. The fourth-order valence-corrected chi connectivity index (χ4v) is 4.02. The molecule has 0 radical (unpaired) electrons. The summed E-state index contributed by atoms with van der Waals surface area (Å²) in [6.45, 7) is 5.88. The summed E-state index contributed by atoms with van der Waals surface area (Å²) in [6, 6.07) is 3.51. The van der Waals surface area contributed by atoms with Gasteiger partial charge in [0.05, 0.1) is 0 Å². The summed E-state index contributed by atoms with van der Waals surface area (Å²) >= 11 is 0. The summed E-state index contributed by atoms with van der Waals surface area (Å²) in [6.07, 6.45) is 10.2. The average molecular weight is 290 g/mol. The van der Waals surface area contributed by atoms with E-state index in [9.17, 15) is 0 Å². The van der Waals surface area contributed by atoms with Crippen molar-refractivity contribution < 1.29 is 0 Å². The highest BCUT2D eigenvalue weighted by Gasteiger charge is 2.30. The summed E-state index contributed by atoms with van der Waals surface area (Å²) in [4.78, 5) is 2.68. The van der Waals surface area contributed by atoms with E-state index in [1.807, 2.05) is 17.9 Å². The van der Waals surface area contributed by atoms with Crippen molar-refractivity contribution in [2.45, 2.75) is 57.5 Å². The molecule has 0 aromatic carbocycles. The Morgan fingerprint density at radius 1 is 1.29 bits per heavy atom.